The van der Waals surface area contributed by atoms with E-state index in [9.17, 15) is 14.0 Å². The first-order chi connectivity index (χ1) is 13.5. The van der Waals surface area contributed by atoms with E-state index in [1.54, 1.807) is 25.2 Å². The van der Waals surface area contributed by atoms with Crippen LogP contribution in [0.2, 0.25) is 0 Å². The molecule has 1 aromatic carbocycles. The smallest absolute Gasteiger partial charge is 0.342 e. The van der Waals surface area contributed by atoms with Crippen molar-refractivity contribution in [2.45, 2.75) is 56.9 Å². The molecule has 0 bridgehead atoms. The van der Waals surface area contributed by atoms with Crippen LogP contribution in [0, 0.1) is 5.82 Å². The first-order valence-electron chi connectivity index (χ1n) is 10.2. The highest BCUT2D eigenvalue weighted by atomic mass is 19.1. The third kappa shape index (κ3) is 3.62. The van der Waals surface area contributed by atoms with E-state index in [1.165, 1.54) is 10.7 Å². The zero-order valence-corrected chi connectivity index (χ0v) is 16.3. The summed E-state index contributed by atoms with van der Waals surface area (Å²) in [6.45, 7) is 1.24. The Morgan fingerprint density at radius 2 is 1.82 bits per heavy atom. The summed E-state index contributed by atoms with van der Waals surface area (Å²) in [5, 5.41) is 4.54. The van der Waals surface area contributed by atoms with Gasteiger partial charge in [-0.15, -0.1) is 0 Å². The number of likely N-dealkylation sites (tertiary alicyclic amines) is 1. The van der Waals surface area contributed by atoms with Gasteiger partial charge in [0.25, 0.3) is 0 Å². The summed E-state index contributed by atoms with van der Waals surface area (Å²) in [5.41, 5.74) is 0.411. The average Bonchev–Trinajstić information content (AvgIpc) is 3.32. The van der Waals surface area contributed by atoms with Crippen LogP contribution in [0.1, 0.15) is 61.9 Å². The predicted molar refractivity (Wildman–Crippen MR) is 104 cm³/mol. The molecule has 28 heavy (non-hydrogen) atoms. The zero-order valence-electron chi connectivity index (χ0n) is 16.3. The number of hydrogen-bond donors (Lipinski definition) is 0. The Balaban J connectivity index is 1.43. The van der Waals surface area contributed by atoms with Gasteiger partial charge in [0, 0.05) is 32.1 Å². The number of rotatable bonds is 4. The van der Waals surface area contributed by atoms with E-state index in [0.717, 1.165) is 44.3 Å². The van der Waals surface area contributed by atoms with Crippen molar-refractivity contribution in [3.63, 3.8) is 0 Å². The molecule has 0 atom stereocenters. The molecular formula is C21H27FN4O2. The van der Waals surface area contributed by atoms with Crippen molar-refractivity contribution in [1.29, 1.82) is 0 Å². The molecule has 0 spiro atoms. The number of benzene rings is 1. The Labute approximate surface area is 164 Å². The summed E-state index contributed by atoms with van der Waals surface area (Å²) in [7, 11) is 1.71. The van der Waals surface area contributed by atoms with Gasteiger partial charge < -0.3 is 4.90 Å². The first kappa shape index (κ1) is 18.9. The number of carbonyl (C=O) groups excluding carboxylic acids is 1. The van der Waals surface area contributed by atoms with Crippen molar-refractivity contribution in [2.24, 2.45) is 7.05 Å². The molecular weight excluding hydrogens is 359 g/mol. The van der Waals surface area contributed by atoms with Gasteiger partial charge in [0.2, 0.25) is 5.91 Å². The van der Waals surface area contributed by atoms with E-state index in [4.69, 9.17) is 0 Å². The number of amides is 1. The zero-order chi connectivity index (χ0) is 19.7. The third-order valence-corrected chi connectivity index (χ3v) is 6.18. The number of piperidine rings is 1. The van der Waals surface area contributed by atoms with E-state index in [2.05, 4.69) is 5.10 Å². The first-order valence-corrected chi connectivity index (χ1v) is 10.2. The number of nitrogens with zero attached hydrogens (tertiary/aromatic N) is 4. The average molecular weight is 386 g/mol. The molecule has 1 amide bonds. The van der Waals surface area contributed by atoms with Gasteiger partial charge in [0.05, 0.1) is 6.42 Å². The Hall–Kier alpha value is -2.44. The Morgan fingerprint density at radius 3 is 2.50 bits per heavy atom. The lowest BCUT2D eigenvalue weighted by molar-refractivity contribution is -0.131. The second kappa shape index (κ2) is 7.89. The van der Waals surface area contributed by atoms with Crippen molar-refractivity contribution < 1.29 is 9.18 Å². The summed E-state index contributed by atoms with van der Waals surface area (Å²) in [6.07, 6.45) is 6.06. The van der Waals surface area contributed by atoms with Crippen molar-refractivity contribution in [2.75, 3.05) is 13.1 Å². The van der Waals surface area contributed by atoms with E-state index in [-0.39, 0.29) is 35.8 Å². The number of carbonyl (C=O) groups is 1. The van der Waals surface area contributed by atoms with E-state index in [0.29, 0.717) is 18.7 Å². The minimum atomic E-state index is -0.334. The highest BCUT2D eigenvalue weighted by molar-refractivity contribution is 5.78. The summed E-state index contributed by atoms with van der Waals surface area (Å²) < 4.78 is 17.2. The third-order valence-electron chi connectivity index (χ3n) is 6.18. The Morgan fingerprint density at radius 1 is 1.14 bits per heavy atom. The van der Waals surface area contributed by atoms with E-state index < -0.39 is 0 Å². The molecule has 1 aliphatic carbocycles. The Kier molecular flexibility index (Phi) is 5.33. The van der Waals surface area contributed by atoms with Crippen molar-refractivity contribution in [3.8, 4) is 0 Å². The number of aromatic nitrogens is 3. The minimum absolute atomic E-state index is 0.0278. The maximum atomic E-state index is 13.8. The molecule has 2 aliphatic rings. The fourth-order valence-electron chi connectivity index (χ4n) is 4.59. The van der Waals surface area contributed by atoms with Crippen LogP contribution in [0.5, 0.6) is 0 Å². The second-order valence-electron chi connectivity index (χ2n) is 8.00. The largest absolute Gasteiger partial charge is 0.345 e. The van der Waals surface area contributed by atoms with Crippen molar-refractivity contribution in [3.05, 3.63) is 52.0 Å². The summed E-state index contributed by atoms with van der Waals surface area (Å²) in [4.78, 5) is 27.0. The molecule has 150 valence electrons. The topological polar surface area (TPSA) is 60.1 Å². The van der Waals surface area contributed by atoms with Gasteiger partial charge >= 0.3 is 5.69 Å². The molecule has 2 heterocycles. The lowest BCUT2D eigenvalue weighted by Gasteiger charge is -2.32. The van der Waals surface area contributed by atoms with Crippen LogP contribution in [0.25, 0.3) is 0 Å². The quantitative estimate of drug-likeness (QED) is 0.812. The van der Waals surface area contributed by atoms with Crippen LogP contribution in [0.15, 0.2) is 29.1 Å². The maximum absolute atomic E-state index is 13.8. The molecule has 1 saturated carbocycles. The second-order valence-corrected chi connectivity index (χ2v) is 8.00. The van der Waals surface area contributed by atoms with Crippen LogP contribution in [-0.2, 0) is 18.3 Å². The normalized spacial score (nSPS) is 18.7. The van der Waals surface area contributed by atoms with Gasteiger partial charge in [0.1, 0.15) is 11.6 Å². The molecule has 0 unspecified atom stereocenters. The van der Waals surface area contributed by atoms with Crippen LogP contribution >= 0.6 is 0 Å². The number of aryl methyl sites for hydroxylation is 1. The molecule has 0 N–H and O–H groups in total. The molecule has 4 rings (SSSR count). The van der Waals surface area contributed by atoms with E-state index >= 15 is 0 Å². The van der Waals surface area contributed by atoms with Crippen LogP contribution in [0.3, 0.4) is 0 Å². The van der Waals surface area contributed by atoms with Gasteiger partial charge in [-0.05, 0) is 37.3 Å². The maximum Gasteiger partial charge on any atom is 0.345 e. The molecule has 1 saturated heterocycles. The number of halogens is 1. The molecule has 7 heteroatoms. The molecule has 2 aromatic rings. The highest BCUT2D eigenvalue weighted by Crippen LogP contribution is 2.33. The standard InChI is InChI=1S/C21H27FN4O2/c1-24-21(28)26(17-7-3-4-8-17)20(23-24)15-10-12-25(13-11-15)19(27)14-16-6-2-5-9-18(16)22/h2,5-6,9,15,17H,3-4,7-8,10-14H2,1H3. The summed E-state index contributed by atoms with van der Waals surface area (Å²) >= 11 is 0. The van der Waals surface area contributed by atoms with Gasteiger partial charge in [-0.3, -0.25) is 9.36 Å². The number of hydrogen-bond acceptors (Lipinski definition) is 3. The monoisotopic (exact) mass is 386 g/mol. The SMILES string of the molecule is Cn1nc(C2CCN(C(=O)Cc3ccccc3F)CC2)n(C2CCCC2)c1=O. The fraction of sp³-hybridized carbons (Fsp3) is 0.571. The van der Waals surface area contributed by atoms with Crippen LogP contribution in [-0.4, -0.2) is 38.2 Å². The highest BCUT2D eigenvalue weighted by Gasteiger charge is 2.31. The minimum Gasteiger partial charge on any atom is -0.342 e. The van der Waals surface area contributed by atoms with Gasteiger partial charge in [-0.25, -0.2) is 13.9 Å². The summed E-state index contributed by atoms with van der Waals surface area (Å²) in [6, 6.07) is 6.69. The lowest BCUT2D eigenvalue weighted by atomic mass is 9.95. The van der Waals surface area contributed by atoms with Gasteiger partial charge in [-0.1, -0.05) is 31.0 Å². The van der Waals surface area contributed by atoms with Crippen molar-refractivity contribution >= 4 is 5.91 Å². The molecule has 0 radical (unpaired) electrons. The molecule has 6 nitrogen and oxygen atoms in total. The predicted octanol–water partition coefficient (Wildman–Crippen LogP) is 2.78. The molecule has 2 fully saturated rings. The summed E-state index contributed by atoms with van der Waals surface area (Å²) in [5.74, 6) is 0.685. The van der Waals surface area contributed by atoms with Crippen molar-refractivity contribution in [1.82, 2.24) is 19.2 Å². The van der Waals surface area contributed by atoms with Gasteiger partial charge in [-0.2, -0.15) is 5.10 Å². The molecule has 1 aliphatic heterocycles. The Bertz CT molecular complexity index is 905. The fourth-order valence-corrected chi connectivity index (χ4v) is 4.59. The van der Waals surface area contributed by atoms with Crippen LogP contribution < -0.4 is 5.69 Å². The van der Waals surface area contributed by atoms with E-state index in [1.807, 2.05) is 9.47 Å². The molecule has 1 aromatic heterocycles. The van der Waals surface area contributed by atoms with Gasteiger partial charge in [0.15, 0.2) is 0 Å². The lowest BCUT2D eigenvalue weighted by Crippen LogP contribution is -2.39. The van der Waals surface area contributed by atoms with Crippen LogP contribution in [0.4, 0.5) is 4.39 Å².